The third-order valence-electron chi connectivity index (χ3n) is 4.40. The van der Waals surface area contributed by atoms with Crippen molar-refractivity contribution in [2.75, 3.05) is 39.9 Å². The topological polar surface area (TPSA) is 53.6 Å². The highest BCUT2D eigenvalue weighted by molar-refractivity contribution is 5.79. The van der Waals surface area contributed by atoms with E-state index in [1.807, 2.05) is 7.05 Å². The van der Waals surface area contributed by atoms with Crippen LogP contribution in [0.5, 0.6) is 0 Å². The highest BCUT2D eigenvalue weighted by Gasteiger charge is 2.33. The molecular formula is C14H27N3O2. The van der Waals surface area contributed by atoms with Crippen molar-refractivity contribution in [1.82, 2.24) is 15.5 Å². The van der Waals surface area contributed by atoms with Gasteiger partial charge in [0.1, 0.15) is 0 Å². The lowest BCUT2D eigenvalue weighted by Gasteiger charge is -2.21. The van der Waals surface area contributed by atoms with Crippen LogP contribution in [0.4, 0.5) is 0 Å². The minimum atomic E-state index is -0.0346. The molecule has 0 saturated carbocycles. The first-order valence-corrected chi connectivity index (χ1v) is 7.38. The average molecular weight is 269 g/mol. The SMILES string of the molecule is CNC1COCC1C(=O)NCC1CCN(C(C)C)C1. The zero-order valence-electron chi connectivity index (χ0n) is 12.3. The predicted octanol–water partition coefficient (Wildman–Crippen LogP) is 0.0673. The molecule has 2 aliphatic rings. The van der Waals surface area contributed by atoms with Crippen molar-refractivity contribution in [2.24, 2.45) is 11.8 Å². The average Bonchev–Trinajstić information content (AvgIpc) is 3.04. The maximum Gasteiger partial charge on any atom is 0.227 e. The van der Waals surface area contributed by atoms with Gasteiger partial charge in [0.25, 0.3) is 0 Å². The van der Waals surface area contributed by atoms with Crippen LogP contribution in [0.2, 0.25) is 0 Å². The summed E-state index contributed by atoms with van der Waals surface area (Å²) in [6.45, 7) is 8.70. The van der Waals surface area contributed by atoms with E-state index in [-0.39, 0.29) is 17.9 Å². The molecule has 2 saturated heterocycles. The number of hydrogen-bond acceptors (Lipinski definition) is 4. The summed E-state index contributed by atoms with van der Waals surface area (Å²) in [7, 11) is 1.89. The van der Waals surface area contributed by atoms with Crippen LogP contribution in [0.25, 0.3) is 0 Å². The molecule has 3 unspecified atom stereocenters. The number of rotatable bonds is 5. The Kier molecular flexibility index (Phi) is 5.19. The van der Waals surface area contributed by atoms with Crippen molar-refractivity contribution in [3.05, 3.63) is 0 Å². The molecule has 3 atom stereocenters. The van der Waals surface area contributed by atoms with Gasteiger partial charge in [-0.3, -0.25) is 4.79 Å². The molecule has 110 valence electrons. The molecule has 0 bridgehead atoms. The third kappa shape index (κ3) is 3.68. The molecule has 0 aromatic carbocycles. The molecule has 19 heavy (non-hydrogen) atoms. The van der Waals surface area contributed by atoms with Crippen LogP contribution in [0.15, 0.2) is 0 Å². The number of likely N-dealkylation sites (tertiary alicyclic amines) is 1. The second-order valence-corrected chi connectivity index (χ2v) is 6.03. The Morgan fingerprint density at radius 2 is 2.21 bits per heavy atom. The Balaban J connectivity index is 1.72. The molecule has 5 heteroatoms. The predicted molar refractivity (Wildman–Crippen MR) is 75.0 cm³/mol. The minimum Gasteiger partial charge on any atom is -0.379 e. The summed E-state index contributed by atoms with van der Waals surface area (Å²) in [5, 5.41) is 6.26. The van der Waals surface area contributed by atoms with E-state index >= 15 is 0 Å². The zero-order chi connectivity index (χ0) is 13.8. The van der Waals surface area contributed by atoms with Crippen molar-refractivity contribution in [3.8, 4) is 0 Å². The van der Waals surface area contributed by atoms with E-state index < -0.39 is 0 Å². The van der Waals surface area contributed by atoms with Crippen LogP contribution in [-0.4, -0.2) is 62.8 Å². The molecule has 0 radical (unpaired) electrons. The van der Waals surface area contributed by atoms with Gasteiger partial charge in [0.05, 0.1) is 19.1 Å². The Hall–Kier alpha value is -0.650. The molecule has 2 heterocycles. The van der Waals surface area contributed by atoms with Crippen LogP contribution >= 0.6 is 0 Å². The molecule has 1 amide bonds. The van der Waals surface area contributed by atoms with Gasteiger partial charge < -0.3 is 20.3 Å². The number of amides is 1. The van der Waals surface area contributed by atoms with E-state index in [2.05, 4.69) is 29.4 Å². The maximum absolute atomic E-state index is 12.1. The summed E-state index contributed by atoms with van der Waals surface area (Å²) in [5.74, 6) is 0.703. The van der Waals surface area contributed by atoms with Crippen molar-refractivity contribution in [1.29, 1.82) is 0 Å². The maximum atomic E-state index is 12.1. The number of likely N-dealkylation sites (N-methyl/N-ethyl adjacent to an activating group) is 1. The number of nitrogens with zero attached hydrogens (tertiary/aromatic N) is 1. The molecule has 2 aliphatic heterocycles. The second-order valence-electron chi connectivity index (χ2n) is 6.03. The van der Waals surface area contributed by atoms with Gasteiger partial charge in [0, 0.05) is 25.2 Å². The molecule has 2 fully saturated rings. The van der Waals surface area contributed by atoms with Crippen molar-refractivity contribution >= 4 is 5.91 Å². The standard InChI is InChI=1S/C14H27N3O2/c1-10(2)17-5-4-11(7-17)6-16-14(18)12-8-19-9-13(12)15-3/h10-13,15H,4-9H2,1-3H3,(H,16,18). The number of nitrogens with one attached hydrogen (secondary N) is 2. The van der Waals surface area contributed by atoms with Gasteiger partial charge in [0.15, 0.2) is 0 Å². The van der Waals surface area contributed by atoms with Gasteiger partial charge in [0.2, 0.25) is 5.91 Å². The molecule has 5 nitrogen and oxygen atoms in total. The van der Waals surface area contributed by atoms with Crippen LogP contribution < -0.4 is 10.6 Å². The number of carbonyl (C=O) groups is 1. The molecule has 0 aliphatic carbocycles. The lowest BCUT2D eigenvalue weighted by atomic mass is 10.0. The van der Waals surface area contributed by atoms with Crippen LogP contribution in [-0.2, 0) is 9.53 Å². The van der Waals surface area contributed by atoms with E-state index in [0.717, 1.165) is 19.6 Å². The van der Waals surface area contributed by atoms with Gasteiger partial charge in [-0.1, -0.05) is 0 Å². The van der Waals surface area contributed by atoms with Crippen molar-refractivity contribution < 1.29 is 9.53 Å². The van der Waals surface area contributed by atoms with Crippen LogP contribution in [0, 0.1) is 11.8 Å². The van der Waals surface area contributed by atoms with Gasteiger partial charge in [-0.25, -0.2) is 0 Å². The van der Waals surface area contributed by atoms with E-state index in [9.17, 15) is 4.79 Å². The Labute approximate surface area is 116 Å². The normalized spacial score (nSPS) is 32.1. The summed E-state index contributed by atoms with van der Waals surface area (Å²) in [6.07, 6.45) is 1.19. The smallest absolute Gasteiger partial charge is 0.227 e. The fourth-order valence-corrected chi connectivity index (χ4v) is 2.97. The zero-order valence-corrected chi connectivity index (χ0v) is 12.3. The highest BCUT2D eigenvalue weighted by atomic mass is 16.5. The fraction of sp³-hybridized carbons (Fsp3) is 0.929. The first-order valence-electron chi connectivity index (χ1n) is 7.38. The largest absolute Gasteiger partial charge is 0.379 e. The lowest BCUT2D eigenvalue weighted by Crippen LogP contribution is -2.44. The molecule has 0 spiro atoms. The minimum absolute atomic E-state index is 0.0346. The van der Waals surface area contributed by atoms with Gasteiger partial charge in [-0.15, -0.1) is 0 Å². The summed E-state index contributed by atoms with van der Waals surface area (Å²) in [5.41, 5.74) is 0. The molecular weight excluding hydrogens is 242 g/mol. The number of hydrogen-bond donors (Lipinski definition) is 2. The van der Waals surface area contributed by atoms with E-state index in [1.54, 1.807) is 0 Å². The Morgan fingerprint density at radius 3 is 2.84 bits per heavy atom. The number of ether oxygens (including phenoxy) is 1. The summed E-state index contributed by atoms with van der Waals surface area (Å²) < 4.78 is 5.37. The van der Waals surface area contributed by atoms with Crippen molar-refractivity contribution in [3.63, 3.8) is 0 Å². The molecule has 2 N–H and O–H groups in total. The molecule has 0 aromatic rings. The summed E-state index contributed by atoms with van der Waals surface area (Å²) in [4.78, 5) is 14.6. The monoisotopic (exact) mass is 269 g/mol. The Morgan fingerprint density at radius 1 is 1.42 bits per heavy atom. The molecule has 0 aromatic heterocycles. The third-order valence-corrected chi connectivity index (χ3v) is 4.40. The van der Waals surface area contributed by atoms with Gasteiger partial charge in [-0.2, -0.15) is 0 Å². The van der Waals surface area contributed by atoms with Gasteiger partial charge in [-0.05, 0) is 39.8 Å². The van der Waals surface area contributed by atoms with E-state index in [4.69, 9.17) is 4.74 Å². The van der Waals surface area contributed by atoms with Crippen LogP contribution in [0.3, 0.4) is 0 Å². The highest BCUT2D eigenvalue weighted by Crippen LogP contribution is 2.18. The second kappa shape index (κ2) is 6.68. The summed E-state index contributed by atoms with van der Waals surface area (Å²) in [6, 6.07) is 0.772. The number of carbonyl (C=O) groups excluding carboxylic acids is 1. The van der Waals surface area contributed by atoms with E-state index in [1.165, 1.54) is 6.42 Å². The van der Waals surface area contributed by atoms with Crippen molar-refractivity contribution in [2.45, 2.75) is 32.4 Å². The first kappa shape index (κ1) is 14.8. The van der Waals surface area contributed by atoms with Crippen LogP contribution in [0.1, 0.15) is 20.3 Å². The lowest BCUT2D eigenvalue weighted by molar-refractivity contribution is -0.125. The first-order chi connectivity index (χ1) is 9.11. The Bertz CT molecular complexity index is 309. The quantitative estimate of drug-likeness (QED) is 0.741. The fourth-order valence-electron chi connectivity index (χ4n) is 2.97. The molecule has 2 rings (SSSR count). The summed E-state index contributed by atoms with van der Waals surface area (Å²) >= 11 is 0. The van der Waals surface area contributed by atoms with E-state index in [0.29, 0.717) is 25.2 Å². The van der Waals surface area contributed by atoms with Gasteiger partial charge >= 0.3 is 0 Å².